The topological polar surface area (TPSA) is 180 Å². The van der Waals surface area contributed by atoms with E-state index in [1.165, 1.54) is 28.4 Å². The first-order valence-corrected chi connectivity index (χ1v) is 17.4. The first-order chi connectivity index (χ1) is 25.2. The predicted octanol–water partition coefficient (Wildman–Crippen LogP) is 5.56. The van der Waals surface area contributed by atoms with E-state index < -0.39 is 29.3 Å². The Morgan fingerprint density at radius 1 is 0.660 bits per heavy atom. The van der Waals surface area contributed by atoms with Gasteiger partial charge in [0.25, 0.3) is 0 Å². The number of ether oxygens (including phenoxy) is 4. The highest BCUT2D eigenvalue weighted by Crippen LogP contribution is 2.44. The summed E-state index contributed by atoms with van der Waals surface area (Å²) in [5.41, 5.74) is 8.97. The zero-order valence-corrected chi connectivity index (χ0v) is 31.5. The van der Waals surface area contributed by atoms with E-state index in [1.54, 1.807) is 0 Å². The molecule has 3 aromatic rings. The van der Waals surface area contributed by atoms with Crippen molar-refractivity contribution >= 4 is 63.4 Å². The first-order valence-electron chi connectivity index (χ1n) is 17.4. The Hall–Kier alpha value is -5.59. The van der Waals surface area contributed by atoms with Gasteiger partial charge in [-0.2, -0.15) is 0 Å². The van der Waals surface area contributed by atoms with Crippen LogP contribution in [0.1, 0.15) is 97.9 Å². The molecule has 0 aromatic carbocycles. The number of aromatic nitrogens is 4. The van der Waals surface area contributed by atoms with Crippen LogP contribution in [0, 0.1) is 0 Å². The Morgan fingerprint density at radius 2 is 1.11 bits per heavy atom. The van der Waals surface area contributed by atoms with Gasteiger partial charge < -0.3 is 33.7 Å². The van der Waals surface area contributed by atoms with E-state index in [-0.39, 0.29) is 50.9 Å². The third-order valence-electron chi connectivity index (χ3n) is 10.5. The molecule has 2 aliphatic heterocycles. The molecule has 13 nitrogen and oxygen atoms in total. The van der Waals surface area contributed by atoms with Gasteiger partial charge in [-0.05, 0) is 84.4 Å². The number of nitrogens with one attached hydrogen (secondary N) is 2. The number of aromatic amines is 2. The standard InChI is InChI=1S/C40H46N4O9/c1-21-22(2)29-18-34-27(13-14-45)40(3,4)35(44-34)20-33-26(16-39(49)53-8)24(10-12-37(47)51-6)31(43-33)19-30-23(9-11-36(46)50-5)25(15-38(48)52-7)32(42-30)17-28(21)41-29/h14,17-20,27,42-43H,9-13,15-16H2,1-8H3. The molecule has 0 saturated heterocycles. The molecule has 53 heavy (non-hydrogen) atoms. The van der Waals surface area contributed by atoms with E-state index in [2.05, 4.69) is 9.97 Å². The summed E-state index contributed by atoms with van der Waals surface area (Å²) in [6.07, 6.45) is 1.44. The molecule has 2 aliphatic rings. The molecule has 2 N–H and O–H groups in total. The van der Waals surface area contributed by atoms with Gasteiger partial charge in [-0.3, -0.25) is 24.2 Å². The zero-order valence-electron chi connectivity index (χ0n) is 31.5. The zero-order chi connectivity index (χ0) is 38.6. The van der Waals surface area contributed by atoms with Crippen LogP contribution in [0.2, 0.25) is 0 Å². The molecular formula is C40H46N4O9. The van der Waals surface area contributed by atoms with Crippen molar-refractivity contribution in [3.05, 3.63) is 69.3 Å². The van der Waals surface area contributed by atoms with Crippen molar-refractivity contribution < 1.29 is 42.9 Å². The molecule has 5 rings (SSSR count). The predicted molar refractivity (Wildman–Crippen MR) is 198 cm³/mol. The number of rotatable bonds is 12. The van der Waals surface area contributed by atoms with Crippen molar-refractivity contribution in [3.63, 3.8) is 0 Å². The molecule has 0 spiro atoms. The van der Waals surface area contributed by atoms with Crippen LogP contribution in [0.4, 0.5) is 0 Å². The maximum Gasteiger partial charge on any atom is 0.310 e. The van der Waals surface area contributed by atoms with Crippen molar-refractivity contribution in [2.75, 3.05) is 28.4 Å². The van der Waals surface area contributed by atoms with Crippen molar-refractivity contribution in [3.8, 4) is 0 Å². The molecule has 8 bridgehead atoms. The minimum atomic E-state index is -0.591. The lowest BCUT2D eigenvalue weighted by molar-refractivity contribution is -0.141. The number of hydrogen-bond donors (Lipinski definition) is 2. The monoisotopic (exact) mass is 726 g/mol. The summed E-state index contributed by atoms with van der Waals surface area (Å²) in [6.45, 7) is 8.02. The summed E-state index contributed by atoms with van der Waals surface area (Å²) >= 11 is 0. The van der Waals surface area contributed by atoms with Gasteiger partial charge in [0, 0.05) is 64.1 Å². The van der Waals surface area contributed by atoms with E-state index >= 15 is 0 Å². The van der Waals surface area contributed by atoms with E-state index in [0.717, 1.165) is 17.4 Å². The SMILES string of the molecule is COC(=O)CCc1c(CC(=O)OC)c2cc3nc(cc4nc(cc5[nH]c(cc1[nH]2)c(CCC(=O)OC)c5CC(=O)OC)C(C)(C)C4CC=O)C(C)=C3C. The van der Waals surface area contributed by atoms with Crippen LogP contribution >= 0.6 is 0 Å². The largest absolute Gasteiger partial charge is 0.469 e. The maximum absolute atomic E-state index is 12.9. The Morgan fingerprint density at radius 3 is 1.58 bits per heavy atom. The number of methoxy groups -OCH3 is 4. The third kappa shape index (κ3) is 7.93. The average molecular weight is 727 g/mol. The Kier molecular flexibility index (Phi) is 11.6. The number of H-pyrrole nitrogens is 2. The van der Waals surface area contributed by atoms with E-state index in [4.69, 9.17) is 28.9 Å². The highest BCUT2D eigenvalue weighted by atomic mass is 16.5. The molecule has 3 aromatic heterocycles. The minimum Gasteiger partial charge on any atom is -0.469 e. The molecule has 5 heterocycles. The van der Waals surface area contributed by atoms with Crippen molar-refractivity contribution in [1.29, 1.82) is 0 Å². The van der Waals surface area contributed by atoms with Crippen LogP contribution in [-0.2, 0) is 74.0 Å². The highest BCUT2D eigenvalue weighted by molar-refractivity contribution is 5.92. The fraction of sp³-hybridized carbons (Fsp3) is 0.425. The number of allylic oxidation sites excluding steroid dienone is 2. The Bertz CT molecular complexity index is 2170. The molecule has 0 fully saturated rings. The Labute approximate surface area is 307 Å². The number of aldehydes is 1. The molecule has 0 saturated carbocycles. The summed E-state index contributed by atoms with van der Waals surface area (Å²) in [6, 6.07) is 7.53. The number of carbonyl (C=O) groups excluding carboxylic acids is 5. The summed E-state index contributed by atoms with van der Waals surface area (Å²) in [5.74, 6) is -2.07. The van der Waals surface area contributed by atoms with Crippen molar-refractivity contribution in [1.82, 2.24) is 19.9 Å². The maximum atomic E-state index is 12.9. The fourth-order valence-corrected chi connectivity index (χ4v) is 7.09. The van der Waals surface area contributed by atoms with Gasteiger partial charge in [-0.1, -0.05) is 13.8 Å². The van der Waals surface area contributed by atoms with Gasteiger partial charge in [0.05, 0.1) is 52.7 Å². The number of nitrogens with zero attached hydrogens (tertiary/aromatic N) is 2. The van der Waals surface area contributed by atoms with Crippen LogP contribution in [0.5, 0.6) is 0 Å². The molecular weight excluding hydrogens is 680 g/mol. The van der Waals surface area contributed by atoms with Gasteiger partial charge in [0.1, 0.15) is 6.29 Å². The number of esters is 4. The van der Waals surface area contributed by atoms with E-state index in [9.17, 15) is 24.0 Å². The van der Waals surface area contributed by atoms with Gasteiger partial charge >= 0.3 is 23.9 Å². The summed E-state index contributed by atoms with van der Waals surface area (Å²) < 4.78 is 20.1. The summed E-state index contributed by atoms with van der Waals surface area (Å²) in [7, 11) is 5.26. The van der Waals surface area contributed by atoms with Gasteiger partial charge in [0.2, 0.25) is 0 Å². The van der Waals surface area contributed by atoms with Crippen LogP contribution in [0.3, 0.4) is 0 Å². The average Bonchev–Trinajstić information content (AvgIpc) is 3.78. The van der Waals surface area contributed by atoms with Gasteiger partial charge in [-0.15, -0.1) is 0 Å². The van der Waals surface area contributed by atoms with Crippen LogP contribution < -0.4 is 0 Å². The molecule has 1 atom stereocenters. The molecule has 1 unspecified atom stereocenters. The summed E-state index contributed by atoms with van der Waals surface area (Å²) in [4.78, 5) is 79.8. The van der Waals surface area contributed by atoms with Gasteiger partial charge in [-0.25, -0.2) is 4.98 Å². The van der Waals surface area contributed by atoms with Crippen LogP contribution in [0.25, 0.3) is 33.2 Å². The minimum absolute atomic E-state index is 0.0273. The first kappa shape index (κ1) is 38.6. The normalized spacial score (nSPS) is 14.8. The lowest BCUT2D eigenvalue weighted by Crippen LogP contribution is -2.22. The lowest BCUT2D eigenvalue weighted by atomic mass is 9.75. The second-order valence-corrected chi connectivity index (χ2v) is 13.8. The second kappa shape index (κ2) is 16.0. The molecule has 0 amide bonds. The smallest absolute Gasteiger partial charge is 0.310 e. The number of hydrogen-bond acceptors (Lipinski definition) is 11. The highest BCUT2D eigenvalue weighted by Gasteiger charge is 2.39. The number of fused-ring (bicyclic) bond motifs is 8. The van der Waals surface area contributed by atoms with Crippen molar-refractivity contribution in [2.45, 2.75) is 84.0 Å². The van der Waals surface area contributed by atoms with Gasteiger partial charge in [0.15, 0.2) is 0 Å². The van der Waals surface area contributed by atoms with Crippen molar-refractivity contribution in [2.24, 2.45) is 0 Å². The lowest BCUT2D eigenvalue weighted by Gasteiger charge is -2.25. The van der Waals surface area contributed by atoms with E-state index in [0.29, 0.717) is 67.1 Å². The Balaban J connectivity index is 2.01. The second-order valence-electron chi connectivity index (χ2n) is 13.8. The molecule has 280 valence electrons. The van der Waals surface area contributed by atoms with Crippen LogP contribution in [0.15, 0.2) is 24.3 Å². The summed E-state index contributed by atoms with van der Waals surface area (Å²) in [5, 5.41) is 0. The number of carbonyl (C=O) groups is 5. The number of aryl methyl sites for hydroxylation is 2. The van der Waals surface area contributed by atoms with Crippen LogP contribution in [-0.4, -0.2) is 78.5 Å². The van der Waals surface area contributed by atoms with E-state index in [1.807, 2.05) is 52.0 Å². The molecule has 0 aliphatic carbocycles. The molecule has 0 radical (unpaired) electrons. The fourth-order valence-electron chi connectivity index (χ4n) is 7.09. The third-order valence-corrected chi connectivity index (χ3v) is 10.5. The molecule has 13 heteroatoms. The quantitative estimate of drug-likeness (QED) is 0.136.